The number of methoxy groups -OCH3 is 1. The van der Waals surface area contributed by atoms with Gasteiger partial charge in [0.2, 0.25) is 5.95 Å². The number of benzene rings is 1. The van der Waals surface area contributed by atoms with Crippen LogP contribution < -0.4 is 9.46 Å². The van der Waals surface area contributed by atoms with E-state index in [4.69, 9.17) is 4.74 Å². The van der Waals surface area contributed by atoms with E-state index >= 15 is 0 Å². The van der Waals surface area contributed by atoms with Crippen LogP contribution in [0.1, 0.15) is 5.69 Å². The summed E-state index contributed by atoms with van der Waals surface area (Å²) >= 11 is 0. The van der Waals surface area contributed by atoms with Crippen LogP contribution in [0.5, 0.6) is 5.75 Å². The van der Waals surface area contributed by atoms with Crippen molar-refractivity contribution in [3.63, 3.8) is 0 Å². The van der Waals surface area contributed by atoms with Crippen LogP contribution in [0.4, 0.5) is 5.95 Å². The molecular weight excluding hydrogens is 266 g/mol. The summed E-state index contributed by atoms with van der Waals surface area (Å²) in [5.41, 5.74) is 0.683. The Morgan fingerprint density at radius 1 is 1.16 bits per heavy atom. The average molecular weight is 279 g/mol. The second-order valence-corrected chi connectivity index (χ2v) is 5.49. The smallest absolute Gasteiger partial charge is 0.264 e. The first-order chi connectivity index (χ1) is 9.01. The fraction of sp³-hybridized carbons (Fsp3) is 0.167. The lowest BCUT2D eigenvalue weighted by Crippen LogP contribution is -2.15. The molecule has 7 heteroatoms. The monoisotopic (exact) mass is 279 g/mol. The molecule has 0 unspecified atom stereocenters. The molecule has 0 saturated heterocycles. The molecule has 0 aliphatic rings. The van der Waals surface area contributed by atoms with Crippen LogP contribution in [0.25, 0.3) is 0 Å². The Hall–Kier alpha value is -2.15. The summed E-state index contributed by atoms with van der Waals surface area (Å²) in [5, 5.41) is 0. The zero-order chi connectivity index (χ0) is 13.9. The SMILES string of the molecule is COc1ccc(S(=O)(=O)Nc2nccc(C)n2)cc1. The number of ether oxygens (including phenoxy) is 1. The normalized spacial score (nSPS) is 11.1. The Morgan fingerprint density at radius 3 is 2.42 bits per heavy atom. The van der Waals surface area contributed by atoms with E-state index in [1.165, 1.54) is 25.4 Å². The Labute approximate surface area is 111 Å². The zero-order valence-corrected chi connectivity index (χ0v) is 11.3. The first kappa shape index (κ1) is 13.3. The highest BCUT2D eigenvalue weighted by molar-refractivity contribution is 7.92. The van der Waals surface area contributed by atoms with E-state index in [2.05, 4.69) is 14.7 Å². The molecule has 0 amide bonds. The van der Waals surface area contributed by atoms with E-state index in [-0.39, 0.29) is 10.8 Å². The maximum absolute atomic E-state index is 12.1. The number of anilines is 1. The van der Waals surface area contributed by atoms with E-state index in [0.717, 1.165) is 0 Å². The topological polar surface area (TPSA) is 81.2 Å². The van der Waals surface area contributed by atoms with Gasteiger partial charge in [0.25, 0.3) is 10.0 Å². The van der Waals surface area contributed by atoms with Crippen LogP contribution in [0, 0.1) is 6.92 Å². The molecule has 1 N–H and O–H groups in total. The summed E-state index contributed by atoms with van der Waals surface area (Å²) in [5.74, 6) is 0.640. The van der Waals surface area contributed by atoms with Gasteiger partial charge < -0.3 is 4.74 Å². The van der Waals surface area contributed by atoms with Crippen LogP contribution in [-0.4, -0.2) is 25.5 Å². The van der Waals surface area contributed by atoms with Gasteiger partial charge in [-0.15, -0.1) is 0 Å². The number of sulfonamides is 1. The fourth-order valence-electron chi connectivity index (χ4n) is 1.43. The van der Waals surface area contributed by atoms with Gasteiger partial charge in [-0.25, -0.2) is 23.1 Å². The van der Waals surface area contributed by atoms with Crippen molar-refractivity contribution in [1.29, 1.82) is 0 Å². The highest BCUT2D eigenvalue weighted by atomic mass is 32.2. The van der Waals surface area contributed by atoms with Crippen molar-refractivity contribution in [1.82, 2.24) is 9.97 Å². The molecule has 100 valence electrons. The third-order valence-electron chi connectivity index (χ3n) is 2.39. The summed E-state index contributed by atoms with van der Waals surface area (Å²) in [6.45, 7) is 1.76. The van der Waals surface area contributed by atoms with Crippen LogP contribution in [0.15, 0.2) is 41.4 Å². The molecule has 0 radical (unpaired) electrons. The van der Waals surface area contributed by atoms with Gasteiger partial charge in [-0.3, -0.25) is 0 Å². The van der Waals surface area contributed by atoms with Crippen LogP contribution in [-0.2, 0) is 10.0 Å². The Bertz CT molecular complexity index is 669. The molecule has 0 fully saturated rings. The van der Waals surface area contributed by atoms with Gasteiger partial charge in [0, 0.05) is 11.9 Å². The number of nitrogens with zero attached hydrogens (tertiary/aromatic N) is 2. The lowest BCUT2D eigenvalue weighted by Gasteiger charge is -2.07. The maximum Gasteiger partial charge on any atom is 0.264 e. The molecule has 6 nitrogen and oxygen atoms in total. The van der Waals surface area contributed by atoms with Crippen molar-refractivity contribution in [2.45, 2.75) is 11.8 Å². The van der Waals surface area contributed by atoms with Gasteiger partial charge in [-0.2, -0.15) is 0 Å². The Balaban J connectivity index is 2.27. The van der Waals surface area contributed by atoms with E-state index in [1.54, 1.807) is 25.1 Å². The van der Waals surface area contributed by atoms with Gasteiger partial charge in [0.1, 0.15) is 5.75 Å². The van der Waals surface area contributed by atoms with Gasteiger partial charge in [0.15, 0.2) is 0 Å². The second kappa shape index (κ2) is 5.23. The minimum absolute atomic E-state index is 0.0517. The summed E-state index contributed by atoms with van der Waals surface area (Å²) in [6, 6.07) is 7.75. The molecule has 0 atom stereocenters. The lowest BCUT2D eigenvalue weighted by molar-refractivity contribution is 0.414. The molecule has 1 aromatic heterocycles. The average Bonchev–Trinajstić information content (AvgIpc) is 2.38. The largest absolute Gasteiger partial charge is 0.497 e. The van der Waals surface area contributed by atoms with Crippen molar-refractivity contribution >= 4 is 16.0 Å². The molecule has 0 aliphatic heterocycles. The molecule has 1 aromatic carbocycles. The minimum Gasteiger partial charge on any atom is -0.497 e. The van der Waals surface area contributed by atoms with E-state index in [0.29, 0.717) is 11.4 Å². The Kier molecular flexibility index (Phi) is 3.66. The predicted molar refractivity (Wildman–Crippen MR) is 70.6 cm³/mol. The first-order valence-electron chi connectivity index (χ1n) is 5.48. The fourth-order valence-corrected chi connectivity index (χ4v) is 2.38. The molecular formula is C12H13N3O3S. The number of aryl methyl sites for hydroxylation is 1. The van der Waals surface area contributed by atoms with Crippen LogP contribution >= 0.6 is 0 Å². The highest BCUT2D eigenvalue weighted by Gasteiger charge is 2.15. The molecule has 2 aromatic rings. The third kappa shape index (κ3) is 3.19. The summed E-state index contributed by atoms with van der Waals surface area (Å²) in [7, 11) is -2.17. The van der Waals surface area contributed by atoms with Crippen molar-refractivity contribution in [2.75, 3.05) is 11.8 Å². The number of aromatic nitrogens is 2. The van der Waals surface area contributed by atoms with Crippen LogP contribution in [0.2, 0.25) is 0 Å². The molecule has 0 bridgehead atoms. The van der Waals surface area contributed by atoms with E-state index in [9.17, 15) is 8.42 Å². The van der Waals surface area contributed by atoms with Crippen molar-refractivity contribution < 1.29 is 13.2 Å². The first-order valence-corrected chi connectivity index (χ1v) is 6.96. The number of hydrogen-bond donors (Lipinski definition) is 1. The summed E-state index contributed by atoms with van der Waals surface area (Å²) in [4.78, 5) is 7.97. The second-order valence-electron chi connectivity index (χ2n) is 3.80. The number of rotatable bonds is 4. The molecule has 2 rings (SSSR count). The van der Waals surface area contributed by atoms with Crippen molar-refractivity contribution in [3.8, 4) is 5.75 Å². The maximum atomic E-state index is 12.1. The van der Waals surface area contributed by atoms with Crippen molar-refractivity contribution in [2.24, 2.45) is 0 Å². The van der Waals surface area contributed by atoms with E-state index in [1.807, 2.05) is 0 Å². The molecule has 0 saturated carbocycles. The highest BCUT2D eigenvalue weighted by Crippen LogP contribution is 2.17. The van der Waals surface area contributed by atoms with Crippen molar-refractivity contribution in [3.05, 3.63) is 42.2 Å². The van der Waals surface area contributed by atoms with Gasteiger partial charge >= 0.3 is 0 Å². The molecule has 1 heterocycles. The standard InChI is InChI=1S/C12H13N3O3S/c1-9-7-8-13-12(14-9)15-19(16,17)11-5-3-10(18-2)4-6-11/h3-8H,1-2H3,(H,13,14,15). The minimum atomic E-state index is -3.69. The van der Waals surface area contributed by atoms with E-state index < -0.39 is 10.0 Å². The zero-order valence-electron chi connectivity index (χ0n) is 10.5. The van der Waals surface area contributed by atoms with Gasteiger partial charge in [-0.05, 0) is 37.3 Å². The third-order valence-corrected chi connectivity index (χ3v) is 3.73. The quantitative estimate of drug-likeness (QED) is 0.919. The predicted octanol–water partition coefficient (Wildman–Crippen LogP) is 1.59. The van der Waals surface area contributed by atoms with Gasteiger partial charge in [0.05, 0.1) is 12.0 Å². The molecule has 19 heavy (non-hydrogen) atoms. The van der Waals surface area contributed by atoms with Gasteiger partial charge in [-0.1, -0.05) is 0 Å². The Morgan fingerprint density at radius 2 is 1.84 bits per heavy atom. The number of nitrogens with one attached hydrogen (secondary N) is 1. The summed E-state index contributed by atoms with van der Waals surface area (Å²) < 4.78 is 31.5. The molecule has 0 aliphatic carbocycles. The summed E-state index contributed by atoms with van der Waals surface area (Å²) in [6.07, 6.45) is 1.49. The number of hydrogen-bond acceptors (Lipinski definition) is 5. The lowest BCUT2D eigenvalue weighted by atomic mass is 10.3. The molecule has 0 spiro atoms. The van der Waals surface area contributed by atoms with Crippen LogP contribution in [0.3, 0.4) is 0 Å².